The molecule has 0 spiro atoms. The van der Waals surface area contributed by atoms with Crippen molar-refractivity contribution in [3.8, 4) is 0 Å². The Morgan fingerprint density at radius 3 is 2.30 bits per heavy atom. The van der Waals surface area contributed by atoms with Crippen LogP contribution in [0.3, 0.4) is 0 Å². The highest BCUT2D eigenvalue weighted by molar-refractivity contribution is 7.92. The molecule has 0 N–H and O–H groups in total. The molecule has 0 atom stereocenters. The number of hydrogen-bond acceptors (Lipinski definition) is 5. The van der Waals surface area contributed by atoms with E-state index in [1.165, 1.54) is 27.5 Å². The number of sulfonamides is 1. The van der Waals surface area contributed by atoms with E-state index in [2.05, 4.69) is 29.2 Å². The minimum atomic E-state index is -3.53. The molecule has 0 bridgehead atoms. The van der Waals surface area contributed by atoms with Crippen LogP contribution in [0.4, 0.5) is 5.69 Å². The predicted molar refractivity (Wildman–Crippen MR) is 152 cm³/mol. The average Bonchev–Trinajstić information content (AvgIpc) is 3.32. The second-order valence-corrected chi connectivity index (χ2v) is 12.7. The largest absolute Gasteiger partial charge is 0.335 e. The summed E-state index contributed by atoms with van der Waals surface area (Å²) >= 11 is 7.43. The van der Waals surface area contributed by atoms with Gasteiger partial charge in [0, 0.05) is 42.4 Å². The minimum Gasteiger partial charge on any atom is -0.335 e. The number of halogens is 1. The fourth-order valence-electron chi connectivity index (χ4n) is 4.55. The quantitative estimate of drug-likeness (QED) is 0.304. The lowest BCUT2D eigenvalue weighted by molar-refractivity contribution is 0.0633. The van der Waals surface area contributed by atoms with Crippen molar-refractivity contribution >= 4 is 54.6 Å². The van der Waals surface area contributed by atoms with Gasteiger partial charge in [0.1, 0.15) is 0 Å². The molecule has 0 unspecified atom stereocenters. The molecule has 192 valence electrons. The first-order valence-electron chi connectivity index (χ1n) is 12.1. The summed E-state index contributed by atoms with van der Waals surface area (Å²) in [5.41, 5.74) is 2.68. The van der Waals surface area contributed by atoms with E-state index in [0.717, 1.165) is 35.3 Å². The lowest BCUT2D eigenvalue weighted by atomic mass is 10.2. The molecule has 1 fully saturated rings. The van der Waals surface area contributed by atoms with Crippen molar-refractivity contribution in [2.24, 2.45) is 0 Å². The Balaban J connectivity index is 1.30. The minimum absolute atomic E-state index is 0.0308. The lowest BCUT2D eigenvalue weighted by Gasteiger charge is -2.34. The molecule has 0 saturated carbocycles. The maximum Gasteiger partial charge on any atom is 0.264 e. The highest BCUT2D eigenvalue weighted by Crippen LogP contribution is 2.32. The smallest absolute Gasteiger partial charge is 0.264 e. The first kappa shape index (κ1) is 25.7. The summed E-state index contributed by atoms with van der Waals surface area (Å²) in [6.45, 7) is 4.14. The normalized spacial score (nSPS) is 14.7. The van der Waals surface area contributed by atoms with E-state index in [1.807, 2.05) is 41.3 Å². The summed E-state index contributed by atoms with van der Waals surface area (Å²) in [4.78, 5) is 18.2. The molecule has 6 nitrogen and oxygen atoms in total. The van der Waals surface area contributed by atoms with Crippen LogP contribution in [0.2, 0.25) is 5.02 Å². The molecular formula is C28H28ClN3O3S2. The number of benzene rings is 3. The van der Waals surface area contributed by atoms with Gasteiger partial charge in [-0.25, -0.2) is 8.42 Å². The van der Waals surface area contributed by atoms with Gasteiger partial charge in [-0.1, -0.05) is 54.1 Å². The Morgan fingerprint density at radius 1 is 0.919 bits per heavy atom. The Kier molecular flexibility index (Phi) is 7.53. The third-order valence-corrected chi connectivity index (χ3v) is 9.04. The topological polar surface area (TPSA) is 60.9 Å². The third kappa shape index (κ3) is 6.15. The van der Waals surface area contributed by atoms with Crippen molar-refractivity contribution in [2.45, 2.75) is 13.1 Å². The monoisotopic (exact) mass is 553 g/mol. The molecule has 0 aliphatic carbocycles. The standard InChI is InChI=1S/C28H28ClN3O3S2/c1-37(34,35)32(20-22-7-9-24(29)10-8-22)25-11-12-26-23(17-25)18-27(36-26)28(33)31-15-13-30(14-16-31)19-21-5-3-2-4-6-21/h2-12,17-18H,13-16,19-20H2,1H3. The van der Waals surface area contributed by atoms with Gasteiger partial charge in [0.05, 0.1) is 23.4 Å². The van der Waals surface area contributed by atoms with Gasteiger partial charge in [0.15, 0.2) is 0 Å². The number of anilines is 1. The van der Waals surface area contributed by atoms with Gasteiger partial charge >= 0.3 is 0 Å². The molecule has 1 amide bonds. The molecule has 9 heteroatoms. The molecule has 1 aromatic heterocycles. The van der Waals surface area contributed by atoms with Crippen LogP contribution < -0.4 is 4.31 Å². The maximum absolute atomic E-state index is 13.3. The molecule has 1 aliphatic rings. The maximum atomic E-state index is 13.3. The Bertz CT molecular complexity index is 1500. The molecule has 1 aliphatic heterocycles. The Labute approximate surface area is 226 Å². The van der Waals surface area contributed by atoms with E-state index in [9.17, 15) is 13.2 Å². The first-order chi connectivity index (χ1) is 17.8. The van der Waals surface area contributed by atoms with E-state index >= 15 is 0 Å². The zero-order valence-electron chi connectivity index (χ0n) is 20.5. The van der Waals surface area contributed by atoms with Gasteiger partial charge in [-0.05, 0) is 52.9 Å². The number of piperazine rings is 1. The zero-order chi connectivity index (χ0) is 26.0. The van der Waals surface area contributed by atoms with Crippen molar-refractivity contribution in [3.05, 3.63) is 99.9 Å². The molecule has 37 heavy (non-hydrogen) atoms. The van der Waals surface area contributed by atoms with Gasteiger partial charge in [-0.2, -0.15) is 0 Å². The molecule has 3 aromatic carbocycles. The number of carbonyl (C=O) groups is 1. The van der Waals surface area contributed by atoms with Crippen molar-refractivity contribution in [1.82, 2.24) is 9.80 Å². The van der Waals surface area contributed by atoms with Crippen LogP contribution in [0.5, 0.6) is 0 Å². The third-order valence-electron chi connectivity index (χ3n) is 6.55. The van der Waals surface area contributed by atoms with Crippen LogP contribution in [-0.4, -0.2) is 56.6 Å². The summed E-state index contributed by atoms with van der Waals surface area (Å²) in [5, 5.41) is 1.46. The van der Waals surface area contributed by atoms with Crippen LogP contribution in [0.1, 0.15) is 20.8 Å². The van der Waals surface area contributed by atoms with E-state index in [1.54, 1.807) is 18.2 Å². The van der Waals surface area contributed by atoms with Gasteiger partial charge < -0.3 is 4.90 Å². The second-order valence-electron chi connectivity index (χ2n) is 9.28. The van der Waals surface area contributed by atoms with Gasteiger partial charge in [0.25, 0.3) is 5.91 Å². The Morgan fingerprint density at radius 2 is 1.62 bits per heavy atom. The summed E-state index contributed by atoms with van der Waals surface area (Å²) in [7, 11) is -3.53. The molecular weight excluding hydrogens is 526 g/mol. The van der Waals surface area contributed by atoms with Gasteiger partial charge in [0.2, 0.25) is 10.0 Å². The number of thiophene rings is 1. The number of rotatable bonds is 7. The molecule has 4 aromatic rings. The van der Waals surface area contributed by atoms with E-state index in [-0.39, 0.29) is 12.5 Å². The van der Waals surface area contributed by atoms with Crippen molar-refractivity contribution in [3.63, 3.8) is 0 Å². The second kappa shape index (κ2) is 10.8. The van der Waals surface area contributed by atoms with Crippen molar-refractivity contribution in [2.75, 3.05) is 36.7 Å². The highest BCUT2D eigenvalue weighted by atomic mass is 35.5. The number of nitrogens with zero attached hydrogens (tertiary/aromatic N) is 3. The number of amides is 1. The SMILES string of the molecule is CS(=O)(=O)N(Cc1ccc(Cl)cc1)c1ccc2sc(C(=O)N3CCN(Cc4ccccc4)CC3)cc2c1. The van der Waals surface area contributed by atoms with Gasteiger partial charge in [-0.15, -0.1) is 11.3 Å². The first-order valence-corrected chi connectivity index (χ1v) is 15.1. The lowest BCUT2D eigenvalue weighted by Crippen LogP contribution is -2.48. The zero-order valence-corrected chi connectivity index (χ0v) is 22.9. The molecule has 5 rings (SSSR count). The van der Waals surface area contributed by atoms with Crippen LogP contribution in [-0.2, 0) is 23.1 Å². The summed E-state index contributed by atoms with van der Waals surface area (Å²) < 4.78 is 27.6. The van der Waals surface area contributed by atoms with E-state index < -0.39 is 10.0 Å². The summed E-state index contributed by atoms with van der Waals surface area (Å²) in [6, 6.07) is 24.9. The molecule has 1 saturated heterocycles. The highest BCUT2D eigenvalue weighted by Gasteiger charge is 2.24. The van der Waals surface area contributed by atoms with E-state index in [4.69, 9.17) is 11.6 Å². The predicted octanol–water partition coefficient (Wildman–Crippen LogP) is 5.48. The van der Waals surface area contributed by atoms with E-state index in [0.29, 0.717) is 28.7 Å². The fourth-order valence-corrected chi connectivity index (χ4v) is 6.57. The van der Waals surface area contributed by atoms with Crippen molar-refractivity contribution in [1.29, 1.82) is 0 Å². The number of fused-ring (bicyclic) bond motifs is 1. The summed E-state index contributed by atoms with van der Waals surface area (Å²) in [5.74, 6) is 0.0308. The average molecular weight is 554 g/mol. The van der Waals surface area contributed by atoms with Crippen LogP contribution in [0, 0.1) is 0 Å². The van der Waals surface area contributed by atoms with Crippen LogP contribution >= 0.6 is 22.9 Å². The van der Waals surface area contributed by atoms with Crippen LogP contribution in [0.15, 0.2) is 78.9 Å². The number of hydrogen-bond donors (Lipinski definition) is 0. The fraction of sp³-hybridized carbons (Fsp3) is 0.250. The molecule has 2 heterocycles. The van der Waals surface area contributed by atoms with Crippen molar-refractivity contribution < 1.29 is 13.2 Å². The number of carbonyl (C=O) groups excluding carboxylic acids is 1. The summed E-state index contributed by atoms with van der Waals surface area (Å²) in [6.07, 6.45) is 1.20. The van der Waals surface area contributed by atoms with Crippen LogP contribution in [0.25, 0.3) is 10.1 Å². The Hall–Kier alpha value is -2.91. The molecule has 0 radical (unpaired) electrons. The van der Waals surface area contributed by atoms with Gasteiger partial charge in [-0.3, -0.25) is 14.0 Å².